The number of halogens is 2. The van der Waals surface area contributed by atoms with Crippen LogP contribution in [0.15, 0.2) is 21.5 Å². The lowest BCUT2D eigenvalue weighted by Gasteiger charge is -2.22. The van der Waals surface area contributed by atoms with Crippen molar-refractivity contribution < 1.29 is 17.5 Å². The molecule has 0 heterocycles. The third kappa shape index (κ3) is 4.91. The Morgan fingerprint density at radius 1 is 1.43 bits per heavy atom. The van der Waals surface area contributed by atoms with Gasteiger partial charge in [0.1, 0.15) is 4.90 Å². The maximum atomic E-state index is 14.0. The molecule has 1 rings (SSSR count). The van der Waals surface area contributed by atoms with Crippen molar-refractivity contribution in [1.29, 1.82) is 0 Å². The van der Waals surface area contributed by atoms with Crippen LogP contribution in [0.2, 0.25) is 0 Å². The lowest BCUT2D eigenvalue weighted by molar-refractivity contribution is 0.116. The van der Waals surface area contributed by atoms with Crippen LogP contribution in [-0.4, -0.2) is 27.7 Å². The second-order valence-corrected chi connectivity index (χ2v) is 7.48. The summed E-state index contributed by atoms with van der Waals surface area (Å²) in [6, 6.07) is 1.96. The summed E-state index contributed by atoms with van der Waals surface area (Å²) in [6.07, 6.45) is 0. The Morgan fingerprint density at radius 2 is 2.05 bits per heavy atom. The Hall–Kier alpha value is -0.700. The van der Waals surface area contributed by atoms with Gasteiger partial charge in [-0.25, -0.2) is 17.5 Å². The summed E-state index contributed by atoms with van der Waals surface area (Å²) in [5.41, 5.74) is 5.74. The lowest BCUT2D eigenvalue weighted by Crippen LogP contribution is -2.42. The van der Waals surface area contributed by atoms with E-state index in [4.69, 9.17) is 10.5 Å². The number of nitrogens with one attached hydrogen (secondary N) is 1. The Morgan fingerprint density at radius 3 is 2.57 bits per heavy atom. The fourth-order valence-corrected chi connectivity index (χ4v) is 3.76. The van der Waals surface area contributed by atoms with Crippen LogP contribution < -0.4 is 10.5 Å². The third-order valence-corrected chi connectivity index (χ3v) is 4.99. The Balaban J connectivity index is 3.10. The van der Waals surface area contributed by atoms with E-state index in [0.717, 1.165) is 6.07 Å². The summed E-state index contributed by atoms with van der Waals surface area (Å²) in [4.78, 5) is -0.475. The average molecular weight is 383 g/mol. The fraction of sp³-hybridized carbons (Fsp3) is 0.538. The molecule has 0 spiro atoms. The van der Waals surface area contributed by atoms with E-state index >= 15 is 0 Å². The highest BCUT2D eigenvalue weighted by atomic mass is 79.9. The van der Waals surface area contributed by atoms with E-state index in [0.29, 0.717) is 6.61 Å². The number of ether oxygens (including phenoxy) is 1. The van der Waals surface area contributed by atoms with Crippen LogP contribution in [0.4, 0.5) is 10.1 Å². The molecule has 1 aromatic rings. The molecule has 1 unspecified atom stereocenters. The summed E-state index contributed by atoms with van der Waals surface area (Å²) in [6.45, 7) is 6.23. The van der Waals surface area contributed by atoms with E-state index in [1.165, 1.54) is 6.07 Å². The van der Waals surface area contributed by atoms with E-state index in [1.807, 2.05) is 20.8 Å². The molecule has 3 N–H and O–H groups in total. The number of anilines is 1. The zero-order valence-electron chi connectivity index (χ0n) is 12.2. The van der Waals surface area contributed by atoms with Gasteiger partial charge in [-0.1, -0.05) is 13.8 Å². The third-order valence-electron chi connectivity index (χ3n) is 2.92. The van der Waals surface area contributed by atoms with Crippen molar-refractivity contribution in [1.82, 2.24) is 4.72 Å². The van der Waals surface area contributed by atoms with Crippen LogP contribution >= 0.6 is 15.9 Å². The normalized spacial score (nSPS) is 13.6. The summed E-state index contributed by atoms with van der Waals surface area (Å²) in [5.74, 6) is -0.866. The standard InChI is InChI=1S/C13H20BrFN2O3S/c1-4-20-7-11(8(2)3)17-21(18,19)12-6-9(16)5-10(14)13(12)15/h5-6,8,11,17H,4,7,16H2,1-3H3. The van der Waals surface area contributed by atoms with E-state index in [2.05, 4.69) is 20.7 Å². The Bertz CT molecular complexity index is 593. The first-order valence-electron chi connectivity index (χ1n) is 6.53. The SMILES string of the molecule is CCOCC(NS(=O)(=O)c1cc(N)cc(Br)c1F)C(C)C. The first kappa shape index (κ1) is 18.3. The maximum absolute atomic E-state index is 14.0. The van der Waals surface area contributed by atoms with Crippen molar-refractivity contribution in [3.8, 4) is 0 Å². The van der Waals surface area contributed by atoms with Crippen molar-refractivity contribution in [3.63, 3.8) is 0 Å². The molecule has 0 aliphatic heterocycles. The predicted octanol–water partition coefficient (Wildman–Crippen LogP) is 2.51. The molecule has 120 valence electrons. The van der Waals surface area contributed by atoms with Crippen LogP contribution in [0, 0.1) is 11.7 Å². The molecule has 5 nitrogen and oxygen atoms in total. The van der Waals surface area contributed by atoms with Crippen molar-refractivity contribution in [2.24, 2.45) is 5.92 Å². The number of nitrogens with two attached hydrogens (primary N) is 1. The first-order chi connectivity index (χ1) is 9.69. The molecule has 0 bridgehead atoms. The summed E-state index contributed by atoms with van der Waals surface area (Å²) in [5, 5.41) is 0. The van der Waals surface area contributed by atoms with E-state index in [-0.39, 0.29) is 22.7 Å². The number of hydrogen-bond acceptors (Lipinski definition) is 4. The van der Waals surface area contributed by atoms with E-state index < -0.39 is 26.8 Å². The van der Waals surface area contributed by atoms with Gasteiger partial charge in [-0.15, -0.1) is 0 Å². The molecular formula is C13H20BrFN2O3S. The molecule has 21 heavy (non-hydrogen) atoms. The number of benzene rings is 1. The van der Waals surface area contributed by atoms with Crippen LogP contribution in [0.3, 0.4) is 0 Å². The van der Waals surface area contributed by atoms with Crippen molar-refractivity contribution >= 4 is 31.6 Å². The molecule has 8 heteroatoms. The van der Waals surface area contributed by atoms with Crippen LogP contribution in [0.1, 0.15) is 20.8 Å². The van der Waals surface area contributed by atoms with Crippen LogP contribution in [0.5, 0.6) is 0 Å². The lowest BCUT2D eigenvalue weighted by atomic mass is 10.1. The van der Waals surface area contributed by atoms with E-state index in [9.17, 15) is 12.8 Å². The minimum atomic E-state index is -4.03. The first-order valence-corrected chi connectivity index (χ1v) is 8.81. The zero-order chi connectivity index (χ0) is 16.2. The number of sulfonamides is 1. The van der Waals surface area contributed by atoms with Crippen molar-refractivity contribution in [2.45, 2.75) is 31.7 Å². The molecule has 0 radical (unpaired) electrons. The Kier molecular flexibility index (Phi) is 6.58. The topological polar surface area (TPSA) is 81.4 Å². The monoisotopic (exact) mass is 382 g/mol. The van der Waals surface area contributed by atoms with Gasteiger partial charge >= 0.3 is 0 Å². The molecular weight excluding hydrogens is 363 g/mol. The van der Waals surface area contributed by atoms with Crippen LogP contribution in [0.25, 0.3) is 0 Å². The second-order valence-electron chi connectivity index (χ2n) is 4.95. The maximum Gasteiger partial charge on any atom is 0.243 e. The second kappa shape index (κ2) is 7.53. The minimum Gasteiger partial charge on any atom is -0.399 e. The number of rotatable bonds is 7. The molecule has 1 aromatic carbocycles. The molecule has 0 saturated heterocycles. The van der Waals surface area contributed by atoms with Gasteiger partial charge in [0.2, 0.25) is 10.0 Å². The van der Waals surface area contributed by atoms with Gasteiger partial charge in [-0.3, -0.25) is 0 Å². The van der Waals surface area contributed by atoms with Gasteiger partial charge < -0.3 is 10.5 Å². The highest BCUT2D eigenvalue weighted by molar-refractivity contribution is 9.10. The zero-order valence-corrected chi connectivity index (χ0v) is 14.6. The average Bonchev–Trinajstić information content (AvgIpc) is 2.38. The quantitative estimate of drug-likeness (QED) is 0.709. The molecule has 1 atom stereocenters. The summed E-state index contributed by atoms with van der Waals surface area (Å²) < 4.78 is 46.5. The molecule has 0 saturated carbocycles. The van der Waals surface area contributed by atoms with Gasteiger partial charge in [0.15, 0.2) is 5.82 Å². The number of hydrogen-bond donors (Lipinski definition) is 2. The smallest absolute Gasteiger partial charge is 0.243 e. The Labute approximate surface area is 133 Å². The highest BCUT2D eigenvalue weighted by Gasteiger charge is 2.26. The van der Waals surface area contributed by atoms with Gasteiger partial charge in [-0.2, -0.15) is 0 Å². The molecule has 0 fully saturated rings. The predicted molar refractivity (Wildman–Crippen MR) is 84.0 cm³/mol. The molecule has 0 aliphatic rings. The molecule has 0 amide bonds. The van der Waals surface area contributed by atoms with Gasteiger partial charge in [0.05, 0.1) is 11.1 Å². The number of nitrogen functional groups attached to an aromatic ring is 1. The van der Waals surface area contributed by atoms with Crippen molar-refractivity contribution in [2.75, 3.05) is 18.9 Å². The fourth-order valence-electron chi connectivity index (χ4n) is 1.65. The minimum absolute atomic E-state index is 0.00103. The van der Waals surface area contributed by atoms with Crippen molar-refractivity contribution in [3.05, 3.63) is 22.4 Å². The van der Waals surface area contributed by atoms with Gasteiger partial charge in [0.25, 0.3) is 0 Å². The van der Waals surface area contributed by atoms with Crippen LogP contribution in [-0.2, 0) is 14.8 Å². The van der Waals surface area contributed by atoms with Gasteiger partial charge in [-0.05, 0) is 40.9 Å². The molecule has 0 aliphatic carbocycles. The summed E-state index contributed by atoms with van der Waals surface area (Å²) in [7, 11) is -4.03. The van der Waals surface area contributed by atoms with E-state index in [1.54, 1.807) is 0 Å². The highest BCUT2D eigenvalue weighted by Crippen LogP contribution is 2.26. The van der Waals surface area contributed by atoms with Gasteiger partial charge in [0, 0.05) is 18.3 Å². The summed E-state index contributed by atoms with van der Waals surface area (Å²) >= 11 is 2.95. The molecule has 0 aromatic heterocycles. The largest absolute Gasteiger partial charge is 0.399 e.